The average Bonchev–Trinajstić information content (AvgIpc) is 2.24. The van der Waals surface area contributed by atoms with Crippen molar-refractivity contribution in [3.63, 3.8) is 0 Å². The van der Waals surface area contributed by atoms with Crippen molar-refractivity contribution < 1.29 is 14.3 Å². The summed E-state index contributed by atoms with van der Waals surface area (Å²) < 4.78 is 5.08. The third kappa shape index (κ3) is 4.82. The van der Waals surface area contributed by atoms with E-state index in [4.69, 9.17) is 10.5 Å². The Morgan fingerprint density at radius 1 is 1.44 bits per heavy atom. The fourth-order valence-electron chi connectivity index (χ4n) is 1.21. The van der Waals surface area contributed by atoms with Crippen LogP contribution in [0.25, 0.3) is 0 Å². The van der Waals surface area contributed by atoms with Crippen LogP contribution in [0, 0.1) is 0 Å². The van der Waals surface area contributed by atoms with E-state index in [1.54, 1.807) is 26.8 Å². The number of aromatic nitrogens is 1. The van der Waals surface area contributed by atoms with Gasteiger partial charge < -0.3 is 15.8 Å². The van der Waals surface area contributed by atoms with Crippen LogP contribution >= 0.6 is 0 Å². The largest absolute Gasteiger partial charge is 0.444 e. The lowest BCUT2D eigenvalue weighted by atomic mass is 10.2. The van der Waals surface area contributed by atoms with Crippen molar-refractivity contribution in [3.05, 3.63) is 29.6 Å². The van der Waals surface area contributed by atoms with E-state index >= 15 is 0 Å². The van der Waals surface area contributed by atoms with Crippen molar-refractivity contribution in [2.45, 2.75) is 32.9 Å². The molecule has 2 amide bonds. The molecule has 0 aliphatic carbocycles. The molecule has 1 aromatic heterocycles. The lowest BCUT2D eigenvalue weighted by Crippen LogP contribution is -2.32. The molecule has 0 saturated heterocycles. The van der Waals surface area contributed by atoms with Crippen molar-refractivity contribution in [3.8, 4) is 0 Å². The molecule has 6 heteroatoms. The summed E-state index contributed by atoms with van der Waals surface area (Å²) >= 11 is 0. The number of alkyl carbamates (subject to hydrolysis) is 1. The van der Waals surface area contributed by atoms with Crippen LogP contribution in [-0.2, 0) is 11.3 Å². The topological polar surface area (TPSA) is 94.3 Å². The summed E-state index contributed by atoms with van der Waals surface area (Å²) in [4.78, 5) is 26.1. The molecule has 1 aromatic rings. The first-order valence-electron chi connectivity index (χ1n) is 5.49. The number of hydrogen-bond donors (Lipinski definition) is 2. The summed E-state index contributed by atoms with van der Waals surface area (Å²) in [5.74, 6) is -0.603. The Hall–Kier alpha value is -2.11. The van der Waals surface area contributed by atoms with E-state index in [9.17, 15) is 9.59 Å². The van der Waals surface area contributed by atoms with E-state index in [1.165, 1.54) is 12.3 Å². The minimum Gasteiger partial charge on any atom is -0.444 e. The molecule has 0 fully saturated rings. The van der Waals surface area contributed by atoms with Gasteiger partial charge >= 0.3 is 6.09 Å². The number of carbonyl (C=O) groups is 2. The fraction of sp³-hybridized carbons (Fsp3) is 0.417. The monoisotopic (exact) mass is 251 g/mol. The summed E-state index contributed by atoms with van der Waals surface area (Å²) in [5.41, 5.74) is 5.46. The van der Waals surface area contributed by atoms with Crippen LogP contribution < -0.4 is 11.1 Å². The molecule has 98 valence electrons. The Kier molecular flexibility index (Phi) is 4.25. The second-order valence-electron chi connectivity index (χ2n) is 4.77. The van der Waals surface area contributed by atoms with E-state index in [0.717, 1.165) is 5.56 Å². The molecule has 0 unspecified atom stereocenters. The normalized spacial score (nSPS) is 10.8. The van der Waals surface area contributed by atoms with Crippen LogP contribution in [-0.4, -0.2) is 22.6 Å². The number of pyridine rings is 1. The van der Waals surface area contributed by atoms with Gasteiger partial charge in [-0.3, -0.25) is 9.78 Å². The summed E-state index contributed by atoms with van der Waals surface area (Å²) in [6, 6.07) is 3.21. The van der Waals surface area contributed by atoms with E-state index in [2.05, 4.69) is 10.3 Å². The standard InChI is InChI=1S/C12H17N3O3/c1-12(2,3)18-11(17)15-7-8-4-5-14-9(6-8)10(13)16/h4-6H,7H2,1-3H3,(H2,13,16)(H,15,17). The highest BCUT2D eigenvalue weighted by molar-refractivity contribution is 5.90. The minimum absolute atomic E-state index is 0.165. The number of amides is 2. The maximum Gasteiger partial charge on any atom is 0.407 e. The van der Waals surface area contributed by atoms with Crippen molar-refractivity contribution in [1.29, 1.82) is 0 Å². The Balaban J connectivity index is 2.56. The van der Waals surface area contributed by atoms with Gasteiger partial charge in [0.1, 0.15) is 11.3 Å². The third-order valence-corrected chi connectivity index (χ3v) is 1.91. The zero-order valence-corrected chi connectivity index (χ0v) is 10.7. The Morgan fingerprint density at radius 2 is 2.11 bits per heavy atom. The highest BCUT2D eigenvalue weighted by atomic mass is 16.6. The lowest BCUT2D eigenvalue weighted by molar-refractivity contribution is 0.0523. The molecular formula is C12H17N3O3. The molecule has 0 spiro atoms. The molecular weight excluding hydrogens is 234 g/mol. The second-order valence-corrected chi connectivity index (χ2v) is 4.77. The molecule has 0 bridgehead atoms. The smallest absolute Gasteiger partial charge is 0.407 e. The van der Waals surface area contributed by atoms with E-state index in [-0.39, 0.29) is 12.2 Å². The average molecular weight is 251 g/mol. The zero-order chi connectivity index (χ0) is 13.8. The van der Waals surface area contributed by atoms with Gasteiger partial charge in [0.05, 0.1) is 0 Å². The number of rotatable bonds is 3. The van der Waals surface area contributed by atoms with E-state index in [0.29, 0.717) is 0 Å². The number of nitrogens with zero attached hydrogens (tertiary/aromatic N) is 1. The van der Waals surface area contributed by atoms with Gasteiger partial charge in [-0.2, -0.15) is 0 Å². The number of carbonyl (C=O) groups excluding carboxylic acids is 2. The Labute approximate surface area is 106 Å². The second kappa shape index (κ2) is 5.48. The molecule has 0 aliphatic heterocycles. The molecule has 18 heavy (non-hydrogen) atoms. The first-order chi connectivity index (χ1) is 8.28. The molecule has 3 N–H and O–H groups in total. The minimum atomic E-state index is -0.603. The lowest BCUT2D eigenvalue weighted by Gasteiger charge is -2.19. The van der Waals surface area contributed by atoms with Crippen molar-refractivity contribution in [2.24, 2.45) is 5.73 Å². The maximum absolute atomic E-state index is 11.4. The fourth-order valence-corrected chi connectivity index (χ4v) is 1.21. The van der Waals surface area contributed by atoms with Gasteiger partial charge in [0, 0.05) is 12.7 Å². The third-order valence-electron chi connectivity index (χ3n) is 1.91. The van der Waals surface area contributed by atoms with Gasteiger partial charge in [0.2, 0.25) is 0 Å². The Morgan fingerprint density at radius 3 is 2.67 bits per heavy atom. The summed E-state index contributed by atoms with van der Waals surface area (Å²) in [6.07, 6.45) is 0.951. The van der Waals surface area contributed by atoms with Gasteiger partial charge in [-0.25, -0.2) is 4.79 Å². The van der Waals surface area contributed by atoms with Crippen molar-refractivity contribution in [1.82, 2.24) is 10.3 Å². The summed E-state index contributed by atoms with van der Waals surface area (Å²) in [5, 5.41) is 2.58. The predicted octanol–water partition coefficient (Wildman–Crippen LogP) is 1.21. The van der Waals surface area contributed by atoms with Gasteiger partial charge in [0.15, 0.2) is 0 Å². The van der Waals surface area contributed by atoms with Crippen LogP contribution in [0.3, 0.4) is 0 Å². The molecule has 0 atom stereocenters. The zero-order valence-electron chi connectivity index (χ0n) is 10.7. The van der Waals surface area contributed by atoms with Gasteiger partial charge in [-0.05, 0) is 38.5 Å². The molecule has 0 aliphatic rings. The summed E-state index contributed by atoms with van der Waals surface area (Å²) in [7, 11) is 0. The van der Waals surface area contributed by atoms with E-state index < -0.39 is 17.6 Å². The first-order valence-corrected chi connectivity index (χ1v) is 5.49. The van der Waals surface area contributed by atoms with Crippen LogP contribution in [0.15, 0.2) is 18.3 Å². The van der Waals surface area contributed by atoms with Crippen molar-refractivity contribution in [2.75, 3.05) is 0 Å². The highest BCUT2D eigenvalue weighted by Crippen LogP contribution is 2.07. The molecule has 0 aromatic carbocycles. The predicted molar refractivity (Wildman–Crippen MR) is 65.8 cm³/mol. The van der Waals surface area contributed by atoms with E-state index in [1.807, 2.05) is 0 Å². The number of nitrogens with one attached hydrogen (secondary N) is 1. The Bertz CT molecular complexity index is 452. The van der Waals surface area contributed by atoms with Gasteiger partial charge in [-0.15, -0.1) is 0 Å². The van der Waals surface area contributed by atoms with Crippen molar-refractivity contribution >= 4 is 12.0 Å². The molecule has 6 nitrogen and oxygen atoms in total. The summed E-state index contributed by atoms with van der Waals surface area (Å²) in [6.45, 7) is 5.59. The van der Waals surface area contributed by atoms with Gasteiger partial charge in [-0.1, -0.05) is 0 Å². The SMILES string of the molecule is CC(C)(C)OC(=O)NCc1ccnc(C(N)=O)c1. The molecule has 1 heterocycles. The number of nitrogens with two attached hydrogens (primary N) is 1. The number of primary amides is 1. The quantitative estimate of drug-likeness (QED) is 0.844. The van der Waals surface area contributed by atoms with Crippen LogP contribution in [0.5, 0.6) is 0 Å². The molecule has 0 saturated carbocycles. The number of ether oxygens (including phenoxy) is 1. The highest BCUT2D eigenvalue weighted by Gasteiger charge is 2.15. The molecule has 1 rings (SSSR count). The van der Waals surface area contributed by atoms with Crippen LogP contribution in [0.4, 0.5) is 4.79 Å². The number of hydrogen-bond acceptors (Lipinski definition) is 4. The maximum atomic E-state index is 11.4. The molecule has 0 radical (unpaired) electrons. The first kappa shape index (κ1) is 14.0. The van der Waals surface area contributed by atoms with Gasteiger partial charge in [0.25, 0.3) is 5.91 Å². The van der Waals surface area contributed by atoms with Crippen LogP contribution in [0.2, 0.25) is 0 Å². The van der Waals surface area contributed by atoms with Crippen LogP contribution in [0.1, 0.15) is 36.8 Å².